The van der Waals surface area contributed by atoms with Crippen LogP contribution in [0.5, 0.6) is 0 Å². The lowest BCUT2D eigenvalue weighted by Gasteiger charge is -2.63. The average molecular weight is 461 g/mol. The Morgan fingerprint density at radius 3 is 2.22 bits per heavy atom. The number of hydrogen-bond donors (Lipinski definition) is 0. The van der Waals surface area contributed by atoms with Crippen LogP contribution < -0.4 is 0 Å². The Hall–Kier alpha value is 0.177. The van der Waals surface area contributed by atoms with Crippen LogP contribution in [-0.4, -0.2) is 14.4 Å². The van der Waals surface area contributed by atoms with Crippen LogP contribution >= 0.6 is 0 Å². The SMILES string of the molecule is CC(C)CCC[C@@H](C)[C@H]1CC[C@H]2[C@@H]3C[C@H](O[Si](C)(C)C)[C@H]4CCCC[C@]4(C)[C@H]3CC[C@]12C. The minimum atomic E-state index is -1.52. The summed E-state index contributed by atoms with van der Waals surface area (Å²) >= 11 is 0. The van der Waals surface area contributed by atoms with Crippen molar-refractivity contribution in [2.45, 2.75) is 137 Å². The van der Waals surface area contributed by atoms with Gasteiger partial charge in [-0.15, -0.1) is 0 Å². The van der Waals surface area contributed by atoms with Crippen LogP contribution in [0.1, 0.15) is 112 Å². The van der Waals surface area contributed by atoms with Crippen molar-refractivity contribution in [2.24, 2.45) is 52.3 Å². The zero-order valence-electron chi connectivity index (χ0n) is 23.0. The van der Waals surface area contributed by atoms with E-state index < -0.39 is 8.32 Å². The summed E-state index contributed by atoms with van der Waals surface area (Å²) in [5.74, 6) is 6.45. The first-order valence-corrected chi connectivity index (χ1v) is 18.0. The lowest BCUT2D eigenvalue weighted by molar-refractivity contribution is -0.154. The summed E-state index contributed by atoms with van der Waals surface area (Å²) in [6.07, 6.45) is 18.1. The van der Waals surface area contributed by atoms with Gasteiger partial charge in [0.25, 0.3) is 0 Å². The summed E-state index contributed by atoms with van der Waals surface area (Å²) in [6.45, 7) is 20.1. The molecule has 4 saturated carbocycles. The summed E-state index contributed by atoms with van der Waals surface area (Å²) in [5, 5.41) is 0. The van der Waals surface area contributed by atoms with Gasteiger partial charge in [-0.3, -0.25) is 0 Å². The first-order chi connectivity index (χ1) is 15.0. The molecule has 4 aliphatic carbocycles. The molecule has 0 heterocycles. The maximum atomic E-state index is 7.03. The molecule has 4 fully saturated rings. The van der Waals surface area contributed by atoms with E-state index in [9.17, 15) is 0 Å². The van der Waals surface area contributed by atoms with Gasteiger partial charge in [0.2, 0.25) is 0 Å². The van der Waals surface area contributed by atoms with Crippen molar-refractivity contribution in [3.63, 3.8) is 0 Å². The Morgan fingerprint density at radius 2 is 1.53 bits per heavy atom. The van der Waals surface area contributed by atoms with Crippen LogP contribution in [0.4, 0.5) is 0 Å². The molecule has 0 radical (unpaired) electrons. The summed E-state index contributed by atoms with van der Waals surface area (Å²) < 4.78 is 7.03. The Labute approximate surface area is 202 Å². The van der Waals surface area contributed by atoms with Crippen LogP contribution in [0.25, 0.3) is 0 Å². The fourth-order valence-electron chi connectivity index (χ4n) is 9.93. The van der Waals surface area contributed by atoms with E-state index in [4.69, 9.17) is 4.43 Å². The molecule has 1 nitrogen and oxygen atoms in total. The van der Waals surface area contributed by atoms with Crippen LogP contribution in [0.2, 0.25) is 19.6 Å². The Bertz CT molecular complexity index is 637. The van der Waals surface area contributed by atoms with Crippen molar-refractivity contribution in [1.82, 2.24) is 0 Å². The van der Waals surface area contributed by atoms with Crippen LogP contribution in [-0.2, 0) is 4.43 Å². The van der Waals surface area contributed by atoms with E-state index in [1.165, 1.54) is 77.0 Å². The molecule has 0 aromatic carbocycles. The molecular formula is C30H56OSi. The van der Waals surface area contributed by atoms with Gasteiger partial charge in [0.05, 0.1) is 0 Å². The van der Waals surface area contributed by atoms with E-state index in [0.717, 1.165) is 41.4 Å². The van der Waals surface area contributed by atoms with Crippen molar-refractivity contribution in [3.8, 4) is 0 Å². The summed E-state index contributed by atoms with van der Waals surface area (Å²) in [4.78, 5) is 0. The van der Waals surface area contributed by atoms with Crippen LogP contribution in [0.15, 0.2) is 0 Å². The van der Waals surface area contributed by atoms with Gasteiger partial charge < -0.3 is 4.43 Å². The van der Waals surface area contributed by atoms with Gasteiger partial charge in [0, 0.05) is 6.10 Å². The van der Waals surface area contributed by atoms with Gasteiger partial charge in [-0.25, -0.2) is 0 Å². The topological polar surface area (TPSA) is 9.23 Å². The third-order valence-electron chi connectivity index (χ3n) is 11.3. The second kappa shape index (κ2) is 9.33. The second-order valence-corrected chi connectivity index (χ2v) is 19.2. The summed E-state index contributed by atoms with van der Waals surface area (Å²) in [7, 11) is -1.52. The summed E-state index contributed by atoms with van der Waals surface area (Å²) in [5.41, 5.74) is 1.15. The van der Waals surface area contributed by atoms with Gasteiger partial charge in [-0.05, 0) is 117 Å². The van der Waals surface area contributed by atoms with Crippen molar-refractivity contribution >= 4 is 8.32 Å². The molecule has 0 bridgehead atoms. The molecule has 4 aliphatic rings. The monoisotopic (exact) mass is 460 g/mol. The highest BCUT2D eigenvalue weighted by Crippen LogP contribution is 2.68. The van der Waals surface area contributed by atoms with Crippen LogP contribution in [0.3, 0.4) is 0 Å². The standard InChI is InChI=1S/C30H56OSi/c1-21(2)12-11-13-22(3)24-15-16-25-23-20-28(31-32(6,7)8)27-14-9-10-18-29(27,4)26(23)17-19-30(24,25)5/h21-28H,9-20H2,1-8H3/t22-,23+,24-,25+,26+,27-,28+,29-,30-/m1/s1. The van der Waals surface area contributed by atoms with E-state index in [2.05, 4.69) is 54.3 Å². The summed E-state index contributed by atoms with van der Waals surface area (Å²) in [6, 6.07) is 0. The first kappa shape index (κ1) is 25.3. The fourth-order valence-corrected chi connectivity index (χ4v) is 11.1. The normalized spacial score (nSPS) is 45.3. The molecule has 32 heavy (non-hydrogen) atoms. The largest absolute Gasteiger partial charge is 0.414 e. The zero-order chi connectivity index (χ0) is 23.3. The maximum absolute atomic E-state index is 7.03. The second-order valence-electron chi connectivity index (χ2n) is 14.8. The van der Waals surface area contributed by atoms with E-state index in [1.807, 2.05) is 0 Å². The molecule has 186 valence electrons. The van der Waals surface area contributed by atoms with E-state index in [1.54, 1.807) is 0 Å². The Balaban J connectivity index is 1.54. The molecule has 0 aromatic rings. The molecule has 0 aliphatic heterocycles. The highest BCUT2D eigenvalue weighted by atomic mass is 28.4. The molecule has 0 aromatic heterocycles. The third-order valence-corrected chi connectivity index (χ3v) is 12.3. The first-order valence-electron chi connectivity index (χ1n) is 14.6. The minimum absolute atomic E-state index is 0.549. The predicted octanol–water partition coefficient (Wildman–Crippen LogP) is 9.33. The van der Waals surface area contributed by atoms with Crippen molar-refractivity contribution in [1.29, 1.82) is 0 Å². The van der Waals surface area contributed by atoms with E-state index >= 15 is 0 Å². The molecule has 0 unspecified atom stereocenters. The number of fused-ring (bicyclic) bond motifs is 5. The van der Waals surface area contributed by atoms with Crippen molar-refractivity contribution < 1.29 is 4.43 Å². The van der Waals surface area contributed by atoms with Gasteiger partial charge in [0.1, 0.15) is 0 Å². The smallest absolute Gasteiger partial charge is 0.184 e. The van der Waals surface area contributed by atoms with Gasteiger partial charge in [0.15, 0.2) is 8.32 Å². The lowest BCUT2D eigenvalue weighted by atomic mass is 9.44. The molecule has 0 spiro atoms. The quantitative estimate of drug-likeness (QED) is 0.344. The highest BCUT2D eigenvalue weighted by molar-refractivity contribution is 6.69. The number of hydrogen-bond acceptors (Lipinski definition) is 1. The Kier molecular flexibility index (Phi) is 7.37. The third kappa shape index (κ3) is 4.67. The molecule has 9 atom stereocenters. The molecule has 2 heteroatoms. The highest BCUT2D eigenvalue weighted by Gasteiger charge is 2.62. The fraction of sp³-hybridized carbons (Fsp3) is 1.00. The zero-order valence-corrected chi connectivity index (χ0v) is 24.0. The minimum Gasteiger partial charge on any atom is -0.414 e. The van der Waals surface area contributed by atoms with Gasteiger partial charge in [-0.1, -0.05) is 66.7 Å². The molecule has 4 rings (SSSR count). The van der Waals surface area contributed by atoms with Gasteiger partial charge in [-0.2, -0.15) is 0 Å². The molecule has 0 saturated heterocycles. The van der Waals surface area contributed by atoms with Crippen molar-refractivity contribution in [3.05, 3.63) is 0 Å². The molecular weight excluding hydrogens is 404 g/mol. The number of rotatable bonds is 7. The molecule has 0 N–H and O–H groups in total. The predicted molar refractivity (Wildman–Crippen MR) is 141 cm³/mol. The van der Waals surface area contributed by atoms with Gasteiger partial charge >= 0.3 is 0 Å². The van der Waals surface area contributed by atoms with Crippen LogP contribution in [0, 0.1) is 52.3 Å². The maximum Gasteiger partial charge on any atom is 0.184 e. The Morgan fingerprint density at radius 1 is 0.812 bits per heavy atom. The van der Waals surface area contributed by atoms with E-state index in [-0.39, 0.29) is 0 Å². The van der Waals surface area contributed by atoms with Crippen molar-refractivity contribution in [2.75, 3.05) is 0 Å². The molecule has 0 amide bonds. The average Bonchev–Trinajstić information content (AvgIpc) is 3.04. The van der Waals surface area contributed by atoms with E-state index in [0.29, 0.717) is 16.9 Å². The lowest BCUT2D eigenvalue weighted by Crippen LogP contribution is -2.58.